The maximum atomic E-state index is 12.3. The lowest BCUT2D eigenvalue weighted by Gasteiger charge is -2.30. The van der Waals surface area contributed by atoms with Crippen LogP contribution in [0.1, 0.15) is 32.6 Å². The summed E-state index contributed by atoms with van der Waals surface area (Å²) in [5.41, 5.74) is 0. The van der Waals surface area contributed by atoms with E-state index in [0.717, 1.165) is 19.4 Å². The SMILES string of the molecule is CCNC(=NCCN(C)CC(F)(F)F)NC1CCCC(SC)C1. The highest BCUT2D eigenvalue weighted by atomic mass is 32.2. The first-order chi connectivity index (χ1) is 10.8. The third-order valence-electron chi connectivity index (χ3n) is 3.85. The molecule has 4 nitrogen and oxygen atoms in total. The van der Waals surface area contributed by atoms with E-state index in [1.807, 2.05) is 18.7 Å². The Balaban J connectivity index is 2.43. The van der Waals surface area contributed by atoms with Crippen LogP contribution in [0.5, 0.6) is 0 Å². The van der Waals surface area contributed by atoms with Crippen molar-refractivity contribution in [2.75, 3.05) is 39.5 Å². The van der Waals surface area contributed by atoms with Gasteiger partial charge in [-0.2, -0.15) is 24.9 Å². The molecule has 2 atom stereocenters. The predicted molar refractivity (Wildman–Crippen MR) is 92.2 cm³/mol. The maximum Gasteiger partial charge on any atom is 0.401 e. The number of halogens is 3. The number of hydrogen-bond donors (Lipinski definition) is 2. The van der Waals surface area contributed by atoms with Gasteiger partial charge in [0.15, 0.2) is 5.96 Å². The van der Waals surface area contributed by atoms with Crippen LogP contribution in [0.3, 0.4) is 0 Å². The lowest BCUT2D eigenvalue weighted by atomic mass is 9.95. The van der Waals surface area contributed by atoms with E-state index >= 15 is 0 Å². The molecule has 2 N–H and O–H groups in total. The average Bonchev–Trinajstić information content (AvgIpc) is 2.45. The number of guanidine groups is 1. The smallest absolute Gasteiger partial charge is 0.357 e. The van der Waals surface area contributed by atoms with Crippen molar-refractivity contribution in [3.63, 3.8) is 0 Å². The van der Waals surface area contributed by atoms with Gasteiger partial charge in [0, 0.05) is 24.4 Å². The number of nitrogens with zero attached hydrogens (tertiary/aromatic N) is 2. The molecular weight excluding hydrogens is 325 g/mol. The largest absolute Gasteiger partial charge is 0.401 e. The molecular formula is C15H29F3N4S. The first kappa shape index (κ1) is 20.4. The van der Waals surface area contributed by atoms with Crippen molar-refractivity contribution >= 4 is 17.7 Å². The summed E-state index contributed by atoms with van der Waals surface area (Å²) in [6.45, 7) is 2.46. The summed E-state index contributed by atoms with van der Waals surface area (Å²) in [7, 11) is 1.47. The van der Waals surface area contributed by atoms with Crippen LogP contribution < -0.4 is 10.6 Å². The number of likely N-dealkylation sites (N-methyl/N-ethyl adjacent to an activating group) is 1. The summed E-state index contributed by atoms with van der Waals surface area (Å²) >= 11 is 1.90. The molecule has 0 aromatic carbocycles. The number of hydrogen-bond acceptors (Lipinski definition) is 3. The molecule has 0 heterocycles. The monoisotopic (exact) mass is 354 g/mol. The summed E-state index contributed by atoms with van der Waals surface area (Å²) in [4.78, 5) is 5.65. The topological polar surface area (TPSA) is 39.7 Å². The fourth-order valence-electron chi connectivity index (χ4n) is 2.72. The molecule has 0 bridgehead atoms. The van der Waals surface area contributed by atoms with Crippen molar-refractivity contribution in [1.29, 1.82) is 0 Å². The first-order valence-corrected chi connectivity index (χ1v) is 9.45. The zero-order valence-electron chi connectivity index (χ0n) is 14.2. The van der Waals surface area contributed by atoms with Gasteiger partial charge in [-0.25, -0.2) is 0 Å². The molecule has 0 aromatic heterocycles. The zero-order chi connectivity index (χ0) is 17.3. The Morgan fingerprint density at radius 1 is 1.35 bits per heavy atom. The molecule has 1 rings (SSSR count). The summed E-state index contributed by atoms with van der Waals surface area (Å²) in [5, 5.41) is 7.29. The Morgan fingerprint density at radius 3 is 2.70 bits per heavy atom. The van der Waals surface area contributed by atoms with Crippen molar-refractivity contribution in [3.8, 4) is 0 Å². The van der Waals surface area contributed by atoms with Gasteiger partial charge in [-0.15, -0.1) is 0 Å². The Kier molecular flexibility index (Phi) is 9.12. The van der Waals surface area contributed by atoms with Crippen molar-refractivity contribution in [1.82, 2.24) is 15.5 Å². The van der Waals surface area contributed by atoms with Gasteiger partial charge in [0.2, 0.25) is 0 Å². The third kappa shape index (κ3) is 9.30. The summed E-state index contributed by atoms with van der Waals surface area (Å²) in [5.74, 6) is 0.708. The Labute approximate surface area is 141 Å². The molecule has 1 aliphatic rings. The second-order valence-electron chi connectivity index (χ2n) is 5.98. The first-order valence-electron chi connectivity index (χ1n) is 8.17. The highest BCUT2D eigenvalue weighted by molar-refractivity contribution is 7.99. The van der Waals surface area contributed by atoms with Crippen LogP contribution in [-0.2, 0) is 0 Å². The predicted octanol–water partition coefficient (Wildman–Crippen LogP) is 2.71. The van der Waals surface area contributed by atoms with Gasteiger partial charge < -0.3 is 10.6 Å². The van der Waals surface area contributed by atoms with E-state index in [4.69, 9.17) is 0 Å². The normalized spacial score (nSPS) is 23.2. The summed E-state index contributed by atoms with van der Waals surface area (Å²) < 4.78 is 36.9. The van der Waals surface area contributed by atoms with Gasteiger partial charge >= 0.3 is 6.18 Å². The van der Waals surface area contributed by atoms with Crippen molar-refractivity contribution in [2.24, 2.45) is 4.99 Å². The van der Waals surface area contributed by atoms with Crippen LogP contribution in [0.4, 0.5) is 13.2 Å². The Morgan fingerprint density at radius 2 is 2.09 bits per heavy atom. The molecule has 1 saturated carbocycles. The minimum atomic E-state index is -4.16. The molecule has 136 valence electrons. The minimum Gasteiger partial charge on any atom is -0.357 e. The van der Waals surface area contributed by atoms with Gasteiger partial charge in [-0.3, -0.25) is 9.89 Å². The lowest BCUT2D eigenvalue weighted by Crippen LogP contribution is -2.46. The highest BCUT2D eigenvalue weighted by Crippen LogP contribution is 2.26. The van der Waals surface area contributed by atoms with Crippen molar-refractivity contribution < 1.29 is 13.2 Å². The van der Waals surface area contributed by atoms with Crippen LogP contribution in [0.2, 0.25) is 0 Å². The van der Waals surface area contributed by atoms with E-state index in [9.17, 15) is 13.2 Å². The summed E-state index contributed by atoms with van der Waals surface area (Å²) in [6.07, 6.45) is 2.68. The number of thioether (sulfide) groups is 1. The van der Waals surface area contributed by atoms with Crippen molar-refractivity contribution in [3.05, 3.63) is 0 Å². The fourth-order valence-corrected chi connectivity index (χ4v) is 3.55. The summed E-state index contributed by atoms with van der Waals surface area (Å²) in [6, 6.07) is 0.395. The van der Waals surface area contributed by atoms with Crippen LogP contribution in [0.25, 0.3) is 0 Å². The number of aliphatic imine (C=N–C) groups is 1. The number of alkyl halides is 3. The second kappa shape index (κ2) is 10.3. The van der Waals surface area contributed by atoms with E-state index in [0.29, 0.717) is 23.8 Å². The van der Waals surface area contributed by atoms with Crippen LogP contribution >= 0.6 is 11.8 Å². The molecule has 0 aliphatic heterocycles. The lowest BCUT2D eigenvalue weighted by molar-refractivity contribution is -0.142. The Hall–Kier alpha value is -0.630. The quantitative estimate of drug-likeness (QED) is 0.545. The average molecular weight is 354 g/mol. The van der Waals surface area contributed by atoms with E-state index in [-0.39, 0.29) is 6.54 Å². The fraction of sp³-hybridized carbons (Fsp3) is 0.933. The highest BCUT2D eigenvalue weighted by Gasteiger charge is 2.28. The van der Waals surface area contributed by atoms with E-state index in [1.54, 1.807) is 0 Å². The minimum absolute atomic E-state index is 0.286. The molecule has 0 amide bonds. The van der Waals surface area contributed by atoms with E-state index in [2.05, 4.69) is 21.9 Å². The van der Waals surface area contributed by atoms with Gasteiger partial charge in [0.05, 0.1) is 13.1 Å². The molecule has 1 fully saturated rings. The molecule has 0 spiro atoms. The Bertz CT molecular complexity index is 363. The van der Waals surface area contributed by atoms with Crippen LogP contribution in [0, 0.1) is 0 Å². The van der Waals surface area contributed by atoms with Gasteiger partial charge in [0.1, 0.15) is 0 Å². The third-order valence-corrected chi connectivity index (χ3v) is 4.94. The second-order valence-corrected chi connectivity index (χ2v) is 7.12. The standard InChI is InChI=1S/C15H29F3N4S/c1-4-19-14(20-8-9-22(2)11-15(16,17)18)21-12-6-5-7-13(10-12)23-3/h12-13H,4-11H2,1-3H3,(H2,19,20,21). The molecule has 0 saturated heterocycles. The molecule has 0 radical (unpaired) electrons. The number of rotatable bonds is 7. The molecule has 8 heteroatoms. The molecule has 23 heavy (non-hydrogen) atoms. The van der Waals surface area contributed by atoms with Gasteiger partial charge in [0.25, 0.3) is 0 Å². The molecule has 1 aliphatic carbocycles. The van der Waals surface area contributed by atoms with E-state index < -0.39 is 12.7 Å². The molecule has 0 aromatic rings. The zero-order valence-corrected chi connectivity index (χ0v) is 15.1. The van der Waals surface area contributed by atoms with Gasteiger partial charge in [-0.1, -0.05) is 6.42 Å². The van der Waals surface area contributed by atoms with Crippen molar-refractivity contribution in [2.45, 2.75) is 50.1 Å². The van der Waals surface area contributed by atoms with Gasteiger partial charge in [-0.05, 0) is 39.5 Å². The maximum absolute atomic E-state index is 12.3. The van der Waals surface area contributed by atoms with Crippen LogP contribution in [0.15, 0.2) is 4.99 Å². The molecule has 2 unspecified atom stereocenters. The number of nitrogens with one attached hydrogen (secondary N) is 2. The van der Waals surface area contributed by atoms with Crippen LogP contribution in [-0.4, -0.2) is 67.8 Å². The van der Waals surface area contributed by atoms with E-state index in [1.165, 1.54) is 24.8 Å².